The van der Waals surface area contributed by atoms with Gasteiger partial charge >= 0.3 is 5.97 Å². The number of carboxylic acids is 1. The summed E-state index contributed by atoms with van der Waals surface area (Å²) in [6, 6.07) is 0. The third-order valence-corrected chi connectivity index (χ3v) is 3.71. The monoisotopic (exact) mass is 278 g/mol. The molecule has 0 fully saturated rings. The summed E-state index contributed by atoms with van der Waals surface area (Å²) in [6.07, 6.45) is 3.61. The second-order valence-corrected chi connectivity index (χ2v) is 5.47. The Morgan fingerprint density at radius 2 is 2.25 bits per heavy atom. The molecular formula is C13H18N4O3. The Morgan fingerprint density at radius 1 is 1.55 bits per heavy atom. The van der Waals surface area contributed by atoms with Gasteiger partial charge in [-0.2, -0.15) is 10.1 Å². The number of aryl methyl sites for hydroxylation is 1. The number of carboxylic acid groups (broad SMARTS) is 1. The van der Waals surface area contributed by atoms with E-state index in [1.54, 1.807) is 31.0 Å². The molecule has 1 atom stereocenters. The molecule has 0 radical (unpaired) electrons. The van der Waals surface area contributed by atoms with Crippen LogP contribution in [-0.2, 0) is 18.3 Å². The smallest absolute Gasteiger partial charge is 0.310 e. The summed E-state index contributed by atoms with van der Waals surface area (Å²) < 4.78 is 6.80. The van der Waals surface area contributed by atoms with Gasteiger partial charge in [0.25, 0.3) is 0 Å². The van der Waals surface area contributed by atoms with E-state index in [0.717, 1.165) is 5.56 Å². The number of hydrogen-bond acceptors (Lipinski definition) is 5. The quantitative estimate of drug-likeness (QED) is 0.895. The molecular weight excluding hydrogens is 260 g/mol. The molecule has 0 aliphatic rings. The van der Waals surface area contributed by atoms with Gasteiger partial charge in [-0.3, -0.25) is 9.48 Å². The van der Waals surface area contributed by atoms with E-state index < -0.39 is 11.4 Å². The van der Waals surface area contributed by atoms with Crippen LogP contribution in [0.4, 0.5) is 0 Å². The van der Waals surface area contributed by atoms with E-state index in [4.69, 9.17) is 4.52 Å². The molecule has 2 rings (SSSR count). The van der Waals surface area contributed by atoms with Gasteiger partial charge in [-0.25, -0.2) is 0 Å². The van der Waals surface area contributed by atoms with Gasteiger partial charge in [-0.15, -0.1) is 0 Å². The highest BCUT2D eigenvalue weighted by atomic mass is 16.5. The molecule has 0 spiro atoms. The van der Waals surface area contributed by atoms with Gasteiger partial charge < -0.3 is 9.63 Å². The zero-order chi connectivity index (χ0) is 14.9. The Morgan fingerprint density at radius 3 is 2.75 bits per heavy atom. The molecule has 2 aromatic heterocycles. The normalized spacial score (nSPS) is 14.4. The topological polar surface area (TPSA) is 94.0 Å². The highest BCUT2D eigenvalue weighted by Crippen LogP contribution is 2.31. The number of hydrogen-bond donors (Lipinski definition) is 1. The van der Waals surface area contributed by atoms with E-state index in [0.29, 0.717) is 11.7 Å². The number of carbonyl (C=O) groups is 1. The van der Waals surface area contributed by atoms with Crippen LogP contribution in [0.25, 0.3) is 11.4 Å². The predicted octanol–water partition coefficient (Wildman–Crippen LogP) is 1.76. The minimum atomic E-state index is -0.932. The average Bonchev–Trinajstić information content (AvgIpc) is 2.97. The van der Waals surface area contributed by atoms with Crippen LogP contribution in [0.1, 0.15) is 26.7 Å². The summed E-state index contributed by atoms with van der Waals surface area (Å²) >= 11 is 0. The van der Waals surface area contributed by atoms with Gasteiger partial charge in [0, 0.05) is 19.7 Å². The standard InChI is InChI=1S/C13H18N4O3/c1-8(2)13(3,12(18)19)5-10-15-11(16-20-10)9-6-14-17(4)7-9/h6-8H,5H2,1-4H3,(H,18,19). The molecule has 0 bridgehead atoms. The molecule has 7 heteroatoms. The number of nitrogens with zero attached hydrogens (tertiary/aromatic N) is 4. The van der Waals surface area contributed by atoms with Gasteiger partial charge in [0.2, 0.25) is 11.7 Å². The molecule has 0 aromatic carbocycles. The maximum atomic E-state index is 11.4. The van der Waals surface area contributed by atoms with Crippen molar-refractivity contribution in [1.82, 2.24) is 19.9 Å². The molecule has 2 heterocycles. The molecule has 1 unspecified atom stereocenters. The molecule has 7 nitrogen and oxygen atoms in total. The first-order valence-electron chi connectivity index (χ1n) is 6.38. The van der Waals surface area contributed by atoms with Crippen LogP contribution in [0.2, 0.25) is 0 Å². The number of aliphatic carboxylic acids is 1. The largest absolute Gasteiger partial charge is 0.481 e. The summed E-state index contributed by atoms with van der Waals surface area (Å²) in [4.78, 5) is 15.7. The van der Waals surface area contributed by atoms with Crippen molar-refractivity contribution in [2.75, 3.05) is 0 Å². The van der Waals surface area contributed by atoms with Crippen molar-refractivity contribution in [2.45, 2.75) is 27.2 Å². The van der Waals surface area contributed by atoms with Crippen LogP contribution in [0.15, 0.2) is 16.9 Å². The Bertz CT molecular complexity index is 617. The zero-order valence-corrected chi connectivity index (χ0v) is 12.0. The van der Waals surface area contributed by atoms with Crippen LogP contribution in [0, 0.1) is 11.3 Å². The Kier molecular flexibility index (Phi) is 3.61. The number of aromatic nitrogens is 4. The second kappa shape index (κ2) is 5.07. The average molecular weight is 278 g/mol. The summed E-state index contributed by atoms with van der Waals surface area (Å²) in [5, 5.41) is 17.3. The lowest BCUT2D eigenvalue weighted by molar-refractivity contribution is -0.150. The Hall–Kier alpha value is -2.18. The SMILES string of the molecule is CC(C)C(C)(Cc1nc(-c2cnn(C)c2)no1)C(=O)O. The lowest BCUT2D eigenvalue weighted by Gasteiger charge is -2.27. The van der Waals surface area contributed by atoms with Gasteiger partial charge in [0.1, 0.15) is 0 Å². The van der Waals surface area contributed by atoms with Crippen LogP contribution in [0.3, 0.4) is 0 Å². The highest BCUT2D eigenvalue weighted by Gasteiger charge is 2.38. The number of rotatable bonds is 5. The van der Waals surface area contributed by atoms with Crippen molar-refractivity contribution in [3.8, 4) is 11.4 Å². The first-order chi connectivity index (χ1) is 9.33. The van der Waals surface area contributed by atoms with Crippen LogP contribution in [-0.4, -0.2) is 31.0 Å². The van der Waals surface area contributed by atoms with Crippen LogP contribution >= 0.6 is 0 Å². The summed E-state index contributed by atoms with van der Waals surface area (Å²) in [5.74, 6) is -0.172. The highest BCUT2D eigenvalue weighted by molar-refractivity contribution is 5.74. The molecule has 0 aliphatic carbocycles. The third kappa shape index (κ3) is 2.56. The first-order valence-corrected chi connectivity index (χ1v) is 6.38. The minimum Gasteiger partial charge on any atom is -0.481 e. The van der Waals surface area contributed by atoms with E-state index in [-0.39, 0.29) is 12.3 Å². The van der Waals surface area contributed by atoms with Crippen molar-refractivity contribution in [3.63, 3.8) is 0 Å². The van der Waals surface area contributed by atoms with Crippen molar-refractivity contribution < 1.29 is 14.4 Å². The van der Waals surface area contributed by atoms with Crippen molar-refractivity contribution in [3.05, 3.63) is 18.3 Å². The van der Waals surface area contributed by atoms with Crippen molar-refractivity contribution >= 4 is 5.97 Å². The molecule has 20 heavy (non-hydrogen) atoms. The van der Waals surface area contributed by atoms with Gasteiger partial charge in [-0.05, 0) is 12.8 Å². The lowest BCUT2D eigenvalue weighted by atomic mass is 9.76. The van der Waals surface area contributed by atoms with Gasteiger partial charge in [0.05, 0.1) is 17.2 Å². The molecule has 0 saturated heterocycles. The lowest BCUT2D eigenvalue weighted by Crippen LogP contribution is -2.35. The van der Waals surface area contributed by atoms with Crippen molar-refractivity contribution in [2.24, 2.45) is 18.4 Å². The minimum absolute atomic E-state index is 0.0475. The van der Waals surface area contributed by atoms with Crippen LogP contribution in [0.5, 0.6) is 0 Å². The van der Waals surface area contributed by atoms with E-state index >= 15 is 0 Å². The molecule has 0 amide bonds. The fraction of sp³-hybridized carbons (Fsp3) is 0.538. The second-order valence-electron chi connectivity index (χ2n) is 5.47. The maximum absolute atomic E-state index is 11.4. The molecule has 0 aliphatic heterocycles. The van der Waals surface area contributed by atoms with E-state index in [2.05, 4.69) is 15.2 Å². The molecule has 1 N–H and O–H groups in total. The van der Waals surface area contributed by atoms with Crippen molar-refractivity contribution in [1.29, 1.82) is 0 Å². The maximum Gasteiger partial charge on any atom is 0.310 e. The van der Waals surface area contributed by atoms with E-state index in [1.807, 2.05) is 13.8 Å². The molecule has 0 saturated carbocycles. The van der Waals surface area contributed by atoms with E-state index in [1.165, 1.54) is 0 Å². The fourth-order valence-electron chi connectivity index (χ4n) is 1.82. The van der Waals surface area contributed by atoms with E-state index in [9.17, 15) is 9.90 Å². The molecule has 108 valence electrons. The van der Waals surface area contributed by atoms with Gasteiger partial charge in [0.15, 0.2) is 0 Å². The summed E-state index contributed by atoms with van der Waals surface area (Å²) in [5.41, 5.74) is -0.192. The van der Waals surface area contributed by atoms with Crippen LogP contribution < -0.4 is 0 Å². The Labute approximate surface area is 116 Å². The Balaban J connectivity index is 2.23. The predicted molar refractivity (Wildman–Crippen MR) is 70.8 cm³/mol. The van der Waals surface area contributed by atoms with Gasteiger partial charge in [-0.1, -0.05) is 19.0 Å². The third-order valence-electron chi connectivity index (χ3n) is 3.71. The summed E-state index contributed by atoms with van der Waals surface area (Å²) in [7, 11) is 1.80. The first kappa shape index (κ1) is 14.2. The molecule has 2 aromatic rings. The zero-order valence-electron chi connectivity index (χ0n) is 12.0. The fourth-order valence-corrected chi connectivity index (χ4v) is 1.82. The summed E-state index contributed by atoms with van der Waals surface area (Å²) in [6.45, 7) is 5.42.